The molecule has 2 aromatic rings. The van der Waals surface area contributed by atoms with Gasteiger partial charge in [-0.3, -0.25) is 9.78 Å². The van der Waals surface area contributed by atoms with Gasteiger partial charge in [-0.1, -0.05) is 29.5 Å². The van der Waals surface area contributed by atoms with Crippen LogP contribution in [0.15, 0.2) is 36.7 Å². The molecule has 1 aromatic heterocycles. The number of hydrogen-bond donors (Lipinski definition) is 2. The van der Waals surface area contributed by atoms with Crippen LogP contribution in [-0.2, 0) is 0 Å². The van der Waals surface area contributed by atoms with E-state index in [-0.39, 0.29) is 17.6 Å². The van der Waals surface area contributed by atoms with Gasteiger partial charge in [0.05, 0.1) is 11.9 Å². The minimum atomic E-state index is -1.13. The van der Waals surface area contributed by atoms with Crippen LogP contribution in [0.25, 0.3) is 0 Å². The molecule has 0 bridgehead atoms. The number of rotatable bonds is 2. The van der Waals surface area contributed by atoms with Crippen molar-refractivity contribution in [3.63, 3.8) is 0 Å². The number of aliphatic hydroxyl groups is 1. The van der Waals surface area contributed by atoms with Gasteiger partial charge in [0.25, 0.3) is 5.91 Å². The number of carbonyl (C=O) groups is 1. The highest BCUT2D eigenvalue weighted by molar-refractivity contribution is 6.30. The number of hydrogen-bond acceptors (Lipinski definition) is 4. The number of nitrogens with zero attached hydrogens (tertiary/aromatic N) is 2. The van der Waals surface area contributed by atoms with Crippen molar-refractivity contribution in [2.75, 3.05) is 0 Å². The Hall–Kier alpha value is -2.42. The highest BCUT2D eigenvalue weighted by Gasteiger charge is 2.33. The Labute approximate surface area is 157 Å². The molecule has 1 amide bonds. The van der Waals surface area contributed by atoms with Crippen LogP contribution in [0.5, 0.6) is 0 Å². The van der Waals surface area contributed by atoms with Gasteiger partial charge in [-0.25, -0.2) is 4.98 Å². The zero-order chi connectivity index (χ0) is 18.6. The second-order valence-electron chi connectivity index (χ2n) is 6.60. The summed E-state index contributed by atoms with van der Waals surface area (Å²) in [7, 11) is 0. The first-order chi connectivity index (χ1) is 12.4. The molecule has 1 heterocycles. The number of halogens is 1. The minimum absolute atomic E-state index is 0.155. The maximum Gasteiger partial charge on any atom is 0.271 e. The van der Waals surface area contributed by atoms with Crippen LogP contribution in [-0.4, -0.2) is 32.6 Å². The third-order valence-corrected chi connectivity index (χ3v) is 4.58. The molecule has 0 radical (unpaired) electrons. The maximum atomic E-state index is 12.3. The monoisotopic (exact) mass is 369 g/mol. The smallest absolute Gasteiger partial charge is 0.271 e. The Morgan fingerprint density at radius 3 is 2.96 bits per heavy atom. The van der Waals surface area contributed by atoms with Crippen LogP contribution in [0.4, 0.5) is 0 Å². The third kappa shape index (κ3) is 4.81. The van der Waals surface area contributed by atoms with Crippen molar-refractivity contribution in [3.05, 3.63) is 58.6 Å². The van der Waals surface area contributed by atoms with Gasteiger partial charge in [0, 0.05) is 29.2 Å². The lowest BCUT2D eigenvalue weighted by molar-refractivity contribution is 0.0451. The van der Waals surface area contributed by atoms with Crippen LogP contribution >= 0.6 is 11.6 Å². The van der Waals surface area contributed by atoms with Crippen molar-refractivity contribution in [1.29, 1.82) is 0 Å². The maximum absolute atomic E-state index is 12.3. The molecule has 6 heteroatoms. The summed E-state index contributed by atoms with van der Waals surface area (Å²) in [4.78, 5) is 20.5. The number of carbonyl (C=O) groups excluding carboxylic acids is 1. The average molecular weight is 370 g/mol. The minimum Gasteiger partial charge on any atom is -0.378 e. The van der Waals surface area contributed by atoms with Crippen LogP contribution in [0.2, 0.25) is 5.02 Å². The van der Waals surface area contributed by atoms with Crippen molar-refractivity contribution in [1.82, 2.24) is 15.3 Å². The molecule has 0 saturated heterocycles. The van der Waals surface area contributed by atoms with E-state index in [2.05, 4.69) is 27.1 Å². The van der Waals surface area contributed by atoms with Gasteiger partial charge < -0.3 is 10.4 Å². The summed E-state index contributed by atoms with van der Waals surface area (Å²) < 4.78 is 0. The lowest BCUT2D eigenvalue weighted by Crippen LogP contribution is -2.45. The Morgan fingerprint density at radius 1 is 1.38 bits per heavy atom. The highest BCUT2D eigenvalue weighted by Crippen LogP contribution is 2.28. The number of aryl methyl sites for hydroxylation is 1. The molecule has 1 saturated carbocycles. The van der Waals surface area contributed by atoms with Gasteiger partial charge >= 0.3 is 0 Å². The van der Waals surface area contributed by atoms with Crippen LogP contribution < -0.4 is 5.32 Å². The molecule has 1 aromatic carbocycles. The topological polar surface area (TPSA) is 75.1 Å². The number of benzene rings is 1. The predicted molar refractivity (Wildman–Crippen MR) is 99.8 cm³/mol. The number of amides is 1. The lowest BCUT2D eigenvalue weighted by Gasteiger charge is -2.33. The fraction of sp³-hybridized carbons (Fsp3) is 0.350. The third-order valence-electron chi connectivity index (χ3n) is 4.34. The van der Waals surface area contributed by atoms with Crippen molar-refractivity contribution in [2.45, 2.75) is 44.2 Å². The summed E-state index contributed by atoms with van der Waals surface area (Å²) in [5, 5.41) is 14.3. The molecule has 1 fully saturated rings. The molecule has 2 N–H and O–H groups in total. The molecule has 2 atom stereocenters. The number of nitrogens with one attached hydrogen (secondary N) is 1. The molecular weight excluding hydrogens is 350 g/mol. The summed E-state index contributed by atoms with van der Waals surface area (Å²) in [5.74, 6) is 5.66. The van der Waals surface area contributed by atoms with E-state index in [1.54, 1.807) is 18.3 Å². The lowest BCUT2D eigenvalue weighted by atomic mass is 9.82. The van der Waals surface area contributed by atoms with Crippen molar-refractivity contribution in [2.24, 2.45) is 0 Å². The van der Waals surface area contributed by atoms with E-state index in [0.717, 1.165) is 24.1 Å². The Bertz CT molecular complexity index is 857. The Balaban J connectivity index is 1.66. The summed E-state index contributed by atoms with van der Waals surface area (Å²) in [5.41, 5.74) is 0.656. The van der Waals surface area contributed by atoms with E-state index >= 15 is 0 Å². The molecular formula is C20H20ClN3O2. The highest BCUT2D eigenvalue weighted by atomic mass is 35.5. The summed E-state index contributed by atoms with van der Waals surface area (Å²) in [6.45, 7) is 1.81. The Morgan fingerprint density at radius 2 is 2.23 bits per heavy atom. The first-order valence-electron chi connectivity index (χ1n) is 8.54. The molecule has 26 heavy (non-hydrogen) atoms. The average Bonchev–Trinajstić information content (AvgIpc) is 2.61. The second-order valence-corrected chi connectivity index (χ2v) is 7.04. The van der Waals surface area contributed by atoms with Gasteiger partial charge in [-0.05, 0) is 44.4 Å². The van der Waals surface area contributed by atoms with Crippen molar-refractivity contribution < 1.29 is 9.90 Å². The van der Waals surface area contributed by atoms with E-state index in [1.165, 1.54) is 6.20 Å². The van der Waals surface area contributed by atoms with E-state index in [9.17, 15) is 9.90 Å². The van der Waals surface area contributed by atoms with Gasteiger partial charge in [0.2, 0.25) is 0 Å². The quantitative estimate of drug-likeness (QED) is 0.798. The summed E-state index contributed by atoms with van der Waals surface area (Å²) >= 11 is 5.96. The fourth-order valence-corrected chi connectivity index (χ4v) is 3.20. The molecule has 1 aliphatic rings. The summed E-state index contributed by atoms with van der Waals surface area (Å²) in [6.07, 6.45) is 5.56. The molecule has 1 aliphatic carbocycles. The summed E-state index contributed by atoms with van der Waals surface area (Å²) in [6, 6.07) is 7.05. The van der Waals surface area contributed by atoms with E-state index in [1.807, 2.05) is 19.1 Å². The second kappa shape index (κ2) is 7.86. The number of aromatic nitrogens is 2. The van der Waals surface area contributed by atoms with Crippen molar-refractivity contribution >= 4 is 17.5 Å². The SMILES string of the molecule is Cc1cnc(C(=O)N[C@@H]2CCC[C@](O)(C#Cc3cccc(Cl)c3)C2)cn1. The Kier molecular flexibility index (Phi) is 5.55. The first kappa shape index (κ1) is 18.4. The molecule has 5 nitrogen and oxygen atoms in total. The van der Waals surface area contributed by atoms with Gasteiger partial charge in [-0.15, -0.1) is 0 Å². The first-order valence-corrected chi connectivity index (χ1v) is 8.92. The molecule has 134 valence electrons. The molecule has 3 rings (SSSR count). The molecule has 0 unspecified atom stereocenters. The van der Waals surface area contributed by atoms with Crippen LogP contribution in [0.3, 0.4) is 0 Å². The van der Waals surface area contributed by atoms with Gasteiger partial charge in [0.15, 0.2) is 0 Å². The van der Waals surface area contributed by atoms with Gasteiger partial charge in [0.1, 0.15) is 11.3 Å². The normalized spacial score (nSPS) is 22.2. The zero-order valence-corrected chi connectivity index (χ0v) is 15.3. The van der Waals surface area contributed by atoms with Crippen LogP contribution in [0.1, 0.15) is 47.4 Å². The van der Waals surface area contributed by atoms with Crippen molar-refractivity contribution in [3.8, 4) is 11.8 Å². The molecule has 0 spiro atoms. The van der Waals surface area contributed by atoms with Crippen LogP contribution in [0, 0.1) is 18.8 Å². The fourth-order valence-electron chi connectivity index (χ4n) is 3.01. The largest absolute Gasteiger partial charge is 0.378 e. The van der Waals surface area contributed by atoms with Gasteiger partial charge in [-0.2, -0.15) is 0 Å². The predicted octanol–water partition coefficient (Wildman–Crippen LogP) is 2.89. The van der Waals surface area contributed by atoms with E-state index < -0.39 is 5.60 Å². The zero-order valence-electron chi connectivity index (χ0n) is 14.5. The standard InChI is InChI=1S/C20H20ClN3O2/c1-14-12-23-18(13-22-14)19(25)24-17-6-3-8-20(26,11-17)9-7-15-4-2-5-16(21)10-15/h2,4-5,10,12-13,17,26H,3,6,8,11H2,1H3,(H,24,25)/t17-,20+/m1/s1. The van der Waals surface area contributed by atoms with E-state index in [4.69, 9.17) is 11.6 Å². The van der Waals surface area contributed by atoms with E-state index in [0.29, 0.717) is 17.9 Å². The molecule has 0 aliphatic heterocycles.